The third kappa shape index (κ3) is 3.51. The van der Waals surface area contributed by atoms with E-state index in [0.717, 1.165) is 37.6 Å². The van der Waals surface area contributed by atoms with Crippen LogP contribution in [0.25, 0.3) is 0 Å². The molecule has 0 aliphatic carbocycles. The predicted octanol–water partition coefficient (Wildman–Crippen LogP) is 3.19. The van der Waals surface area contributed by atoms with Gasteiger partial charge in [0.15, 0.2) is 11.5 Å². The molecule has 0 aromatic heterocycles. The van der Waals surface area contributed by atoms with Crippen LogP contribution in [0.1, 0.15) is 17.5 Å². The largest absolute Gasteiger partial charge is 0.508 e. The van der Waals surface area contributed by atoms with Crippen LogP contribution in [0.5, 0.6) is 23.0 Å². The summed E-state index contributed by atoms with van der Waals surface area (Å²) in [5.41, 5.74) is 2.38. The van der Waals surface area contributed by atoms with E-state index in [1.807, 2.05) is 24.3 Å². The zero-order valence-corrected chi connectivity index (χ0v) is 14.4. The van der Waals surface area contributed by atoms with Crippen molar-refractivity contribution in [3.05, 3.63) is 47.5 Å². The maximum Gasteiger partial charge on any atom is 0.231 e. The molecular weight excluding hydrogens is 318 g/mol. The lowest BCUT2D eigenvalue weighted by Gasteiger charge is -2.17. The average Bonchev–Trinajstić information content (AvgIpc) is 3.23. The second-order valence-corrected chi connectivity index (χ2v) is 6.80. The lowest BCUT2D eigenvalue weighted by Crippen LogP contribution is -2.20. The highest BCUT2D eigenvalue weighted by molar-refractivity contribution is 5.55. The van der Waals surface area contributed by atoms with E-state index in [9.17, 15) is 5.11 Å². The van der Waals surface area contributed by atoms with Crippen molar-refractivity contribution in [1.82, 2.24) is 4.90 Å². The van der Waals surface area contributed by atoms with Gasteiger partial charge in [0.25, 0.3) is 0 Å². The van der Waals surface area contributed by atoms with Crippen LogP contribution in [0.2, 0.25) is 0 Å². The monoisotopic (exact) mass is 341 g/mol. The number of aromatic hydroxyl groups is 1. The first-order valence-electron chi connectivity index (χ1n) is 8.68. The van der Waals surface area contributed by atoms with E-state index in [0.29, 0.717) is 17.4 Å². The summed E-state index contributed by atoms with van der Waals surface area (Å²) in [5.74, 6) is 3.18. The highest BCUT2D eigenvalue weighted by Gasteiger charge is 2.25. The first-order valence-corrected chi connectivity index (χ1v) is 8.68. The Balaban J connectivity index is 1.40. The summed E-state index contributed by atoms with van der Waals surface area (Å²) in [6.07, 6.45) is 2.19. The molecule has 2 aliphatic rings. The molecule has 0 saturated carbocycles. The van der Waals surface area contributed by atoms with Crippen molar-refractivity contribution in [2.24, 2.45) is 5.92 Å². The normalized spacial score (nSPS) is 19.3. The molecule has 5 heteroatoms. The Morgan fingerprint density at radius 2 is 2.12 bits per heavy atom. The molecule has 132 valence electrons. The zero-order valence-electron chi connectivity index (χ0n) is 14.4. The maximum absolute atomic E-state index is 9.62. The lowest BCUT2D eigenvalue weighted by molar-refractivity contribution is 0.171. The fourth-order valence-corrected chi connectivity index (χ4v) is 3.77. The van der Waals surface area contributed by atoms with E-state index in [1.54, 1.807) is 13.2 Å². The quantitative estimate of drug-likeness (QED) is 0.905. The number of phenols is 1. The summed E-state index contributed by atoms with van der Waals surface area (Å²) in [7, 11) is 1.65. The summed E-state index contributed by atoms with van der Waals surface area (Å²) >= 11 is 0. The van der Waals surface area contributed by atoms with Crippen LogP contribution in [0.15, 0.2) is 36.4 Å². The molecule has 0 radical (unpaired) electrons. The summed E-state index contributed by atoms with van der Waals surface area (Å²) in [6, 6.07) is 11.7. The number of likely N-dealkylation sites (tertiary alicyclic amines) is 1. The fraction of sp³-hybridized carbons (Fsp3) is 0.400. The summed E-state index contributed by atoms with van der Waals surface area (Å²) in [6.45, 7) is 3.28. The molecule has 4 rings (SSSR count). The molecule has 2 aromatic rings. The van der Waals surface area contributed by atoms with Crippen LogP contribution in [0, 0.1) is 5.92 Å². The maximum atomic E-state index is 9.62. The molecule has 2 aliphatic heterocycles. The van der Waals surface area contributed by atoms with Crippen molar-refractivity contribution >= 4 is 0 Å². The molecule has 1 N–H and O–H groups in total. The molecular formula is C20H23NO4. The number of ether oxygens (including phenoxy) is 3. The number of benzene rings is 2. The van der Waals surface area contributed by atoms with Crippen molar-refractivity contribution < 1.29 is 19.3 Å². The first-order chi connectivity index (χ1) is 12.2. The molecule has 0 amide bonds. The highest BCUT2D eigenvalue weighted by Crippen LogP contribution is 2.42. The Labute approximate surface area is 147 Å². The number of hydrogen-bond donors (Lipinski definition) is 1. The number of nitrogens with zero attached hydrogens (tertiary/aromatic N) is 1. The van der Waals surface area contributed by atoms with Crippen LogP contribution in [0.3, 0.4) is 0 Å². The van der Waals surface area contributed by atoms with Gasteiger partial charge in [0.2, 0.25) is 12.5 Å². The molecule has 2 aromatic carbocycles. The van der Waals surface area contributed by atoms with Crippen LogP contribution >= 0.6 is 0 Å². The molecule has 0 bridgehead atoms. The van der Waals surface area contributed by atoms with E-state index in [-0.39, 0.29) is 6.79 Å². The van der Waals surface area contributed by atoms with Crippen molar-refractivity contribution in [3.8, 4) is 23.0 Å². The van der Waals surface area contributed by atoms with Gasteiger partial charge in [-0.25, -0.2) is 0 Å². The van der Waals surface area contributed by atoms with E-state index < -0.39 is 0 Å². The van der Waals surface area contributed by atoms with Gasteiger partial charge in [0, 0.05) is 13.1 Å². The minimum Gasteiger partial charge on any atom is -0.508 e. The van der Waals surface area contributed by atoms with Gasteiger partial charge in [-0.1, -0.05) is 12.1 Å². The number of hydrogen-bond acceptors (Lipinski definition) is 5. The third-order valence-electron chi connectivity index (χ3n) is 4.93. The molecule has 1 atom stereocenters. The second kappa shape index (κ2) is 6.84. The number of methoxy groups -OCH3 is 1. The summed E-state index contributed by atoms with van der Waals surface area (Å²) in [4.78, 5) is 2.46. The minimum atomic E-state index is 0.255. The Kier molecular flexibility index (Phi) is 4.40. The van der Waals surface area contributed by atoms with E-state index in [4.69, 9.17) is 14.2 Å². The second-order valence-electron chi connectivity index (χ2n) is 6.80. The van der Waals surface area contributed by atoms with Gasteiger partial charge in [-0.05, 0) is 60.7 Å². The van der Waals surface area contributed by atoms with Crippen LogP contribution in [-0.2, 0) is 13.0 Å². The number of phenolic OH excluding ortho intramolecular Hbond substituents is 1. The average molecular weight is 341 g/mol. The zero-order chi connectivity index (χ0) is 17.2. The van der Waals surface area contributed by atoms with Gasteiger partial charge in [-0.2, -0.15) is 0 Å². The Hall–Kier alpha value is -2.40. The van der Waals surface area contributed by atoms with E-state index in [1.165, 1.54) is 17.5 Å². The minimum absolute atomic E-state index is 0.255. The summed E-state index contributed by atoms with van der Waals surface area (Å²) < 4.78 is 16.4. The van der Waals surface area contributed by atoms with Gasteiger partial charge in [0.1, 0.15) is 5.75 Å². The van der Waals surface area contributed by atoms with Gasteiger partial charge in [0.05, 0.1) is 7.11 Å². The lowest BCUT2D eigenvalue weighted by atomic mass is 9.98. The predicted molar refractivity (Wildman–Crippen MR) is 94.3 cm³/mol. The van der Waals surface area contributed by atoms with Gasteiger partial charge in [-0.15, -0.1) is 0 Å². The molecule has 25 heavy (non-hydrogen) atoms. The van der Waals surface area contributed by atoms with Crippen molar-refractivity contribution in [1.29, 1.82) is 0 Å². The van der Waals surface area contributed by atoms with Gasteiger partial charge < -0.3 is 19.3 Å². The molecule has 1 saturated heterocycles. The SMILES string of the molecule is COc1cc(CN2CCC(Cc3cccc(O)c3)C2)cc2c1OCO2. The van der Waals surface area contributed by atoms with Gasteiger partial charge >= 0.3 is 0 Å². The third-order valence-corrected chi connectivity index (χ3v) is 4.93. The highest BCUT2D eigenvalue weighted by atomic mass is 16.7. The van der Waals surface area contributed by atoms with Crippen molar-refractivity contribution in [2.45, 2.75) is 19.4 Å². The standard InChI is InChI=1S/C20H23NO4/c1-23-18-9-16(10-19-20(18)25-13-24-19)12-21-6-5-15(11-21)7-14-3-2-4-17(22)8-14/h2-4,8-10,15,22H,5-7,11-13H2,1H3. The smallest absolute Gasteiger partial charge is 0.231 e. The molecule has 1 fully saturated rings. The van der Waals surface area contributed by atoms with Crippen LogP contribution in [-0.4, -0.2) is 37.0 Å². The molecule has 1 unspecified atom stereocenters. The topological polar surface area (TPSA) is 51.2 Å². The summed E-state index contributed by atoms with van der Waals surface area (Å²) in [5, 5.41) is 9.62. The molecule has 2 heterocycles. The van der Waals surface area contributed by atoms with Crippen LogP contribution < -0.4 is 14.2 Å². The Morgan fingerprint density at radius 1 is 1.20 bits per heavy atom. The van der Waals surface area contributed by atoms with E-state index in [2.05, 4.69) is 11.0 Å². The fourth-order valence-electron chi connectivity index (χ4n) is 3.77. The Bertz CT molecular complexity index is 761. The van der Waals surface area contributed by atoms with E-state index >= 15 is 0 Å². The van der Waals surface area contributed by atoms with Gasteiger partial charge in [-0.3, -0.25) is 4.90 Å². The van der Waals surface area contributed by atoms with Crippen molar-refractivity contribution in [3.63, 3.8) is 0 Å². The molecule has 0 spiro atoms. The van der Waals surface area contributed by atoms with Crippen LogP contribution in [0.4, 0.5) is 0 Å². The van der Waals surface area contributed by atoms with Crippen molar-refractivity contribution in [2.75, 3.05) is 27.0 Å². The first kappa shape index (κ1) is 16.1. The molecule has 5 nitrogen and oxygen atoms in total. The number of rotatable bonds is 5. The number of fused-ring (bicyclic) bond motifs is 1. The Morgan fingerprint density at radius 3 is 2.96 bits per heavy atom.